The van der Waals surface area contributed by atoms with Crippen LogP contribution >= 0.6 is 11.8 Å². The lowest BCUT2D eigenvalue weighted by Gasteiger charge is -2.07. The number of nitrogens with zero attached hydrogens (tertiary/aromatic N) is 1. The molecule has 68 valence electrons. The second kappa shape index (κ2) is 4.90. The standard InChI is InChI=1S/C10H11NOS/c1-13-9-4-2-3-8(7-9)10(12)5-6-11/h2-4,7,10,12H,5H2,1H3. The maximum atomic E-state index is 9.51. The van der Waals surface area contributed by atoms with E-state index in [0.717, 1.165) is 10.5 Å². The predicted octanol–water partition coefficient (Wildman–Crippen LogP) is 2.36. The fraction of sp³-hybridized carbons (Fsp3) is 0.300. The van der Waals surface area contributed by atoms with Gasteiger partial charge in [-0.2, -0.15) is 5.26 Å². The SMILES string of the molecule is CSc1cccc(C(O)CC#N)c1. The van der Waals surface area contributed by atoms with Crippen molar-refractivity contribution in [1.82, 2.24) is 0 Å². The van der Waals surface area contributed by atoms with Crippen LogP contribution in [0, 0.1) is 11.3 Å². The van der Waals surface area contributed by atoms with E-state index in [1.807, 2.05) is 36.6 Å². The van der Waals surface area contributed by atoms with Crippen LogP contribution in [0.3, 0.4) is 0 Å². The van der Waals surface area contributed by atoms with Crippen LogP contribution in [0.1, 0.15) is 18.1 Å². The largest absolute Gasteiger partial charge is 0.387 e. The van der Waals surface area contributed by atoms with E-state index in [1.54, 1.807) is 11.8 Å². The summed E-state index contributed by atoms with van der Waals surface area (Å²) in [5.41, 5.74) is 0.813. The Morgan fingerprint density at radius 3 is 3.00 bits per heavy atom. The molecule has 2 nitrogen and oxygen atoms in total. The Labute approximate surface area is 82.2 Å². The maximum absolute atomic E-state index is 9.51. The van der Waals surface area contributed by atoms with Crippen molar-refractivity contribution in [3.63, 3.8) is 0 Å². The molecule has 0 aromatic heterocycles. The van der Waals surface area contributed by atoms with Crippen LogP contribution in [0.25, 0.3) is 0 Å². The van der Waals surface area contributed by atoms with Crippen molar-refractivity contribution >= 4 is 11.8 Å². The van der Waals surface area contributed by atoms with Crippen LogP contribution in [0.5, 0.6) is 0 Å². The summed E-state index contributed by atoms with van der Waals surface area (Å²) in [7, 11) is 0. The molecule has 1 rings (SSSR count). The summed E-state index contributed by atoms with van der Waals surface area (Å²) in [4.78, 5) is 1.11. The first kappa shape index (κ1) is 10.1. The van der Waals surface area contributed by atoms with E-state index in [0.29, 0.717) is 0 Å². The first-order chi connectivity index (χ1) is 6.27. The quantitative estimate of drug-likeness (QED) is 0.749. The Morgan fingerprint density at radius 1 is 1.62 bits per heavy atom. The van der Waals surface area contributed by atoms with Crippen LogP contribution in [-0.4, -0.2) is 11.4 Å². The average molecular weight is 193 g/mol. The lowest BCUT2D eigenvalue weighted by Crippen LogP contribution is -1.95. The summed E-state index contributed by atoms with van der Waals surface area (Å²) in [5.74, 6) is 0. The maximum Gasteiger partial charge on any atom is 0.0920 e. The minimum Gasteiger partial charge on any atom is -0.387 e. The van der Waals surface area contributed by atoms with Crippen LogP contribution in [0.15, 0.2) is 29.2 Å². The van der Waals surface area contributed by atoms with Crippen molar-refractivity contribution in [2.75, 3.05) is 6.26 Å². The fourth-order valence-corrected chi connectivity index (χ4v) is 1.52. The number of aliphatic hydroxyl groups is 1. The summed E-state index contributed by atoms with van der Waals surface area (Å²) in [6.45, 7) is 0. The van der Waals surface area contributed by atoms with Gasteiger partial charge in [-0.1, -0.05) is 12.1 Å². The molecule has 0 bridgehead atoms. The molecule has 0 aliphatic rings. The van der Waals surface area contributed by atoms with Crippen molar-refractivity contribution in [2.45, 2.75) is 17.4 Å². The van der Waals surface area contributed by atoms with E-state index >= 15 is 0 Å². The number of thioether (sulfide) groups is 1. The molecule has 1 unspecified atom stereocenters. The van der Waals surface area contributed by atoms with Gasteiger partial charge in [-0.3, -0.25) is 0 Å². The molecule has 0 heterocycles. The smallest absolute Gasteiger partial charge is 0.0920 e. The fourth-order valence-electron chi connectivity index (χ4n) is 1.05. The molecule has 0 amide bonds. The molecule has 0 aliphatic carbocycles. The molecule has 13 heavy (non-hydrogen) atoms. The van der Waals surface area contributed by atoms with Gasteiger partial charge in [0.1, 0.15) is 0 Å². The number of hydrogen-bond donors (Lipinski definition) is 1. The Morgan fingerprint density at radius 2 is 2.38 bits per heavy atom. The number of nitriles is 1. The van der Waals surface area contributed by atoms with E-state index in [9.17, 15) is 5.11 Å². The van der Waals surface area contributed by atoms with Gasteiger partial charge in [0.25, 0.3) is 0 Å². The van der Waals surface area contributed by atoms with E-state index in [2.05, 4.69) is 0 Å². The van der Waals surface area contributed by atoms with Crippen molar-refractivity contribution in [2.24, 2.45) is 0 Å². The molecule has 1 atom stereocenters. The van der Waals surface area contributed by atoms with Gasteiger partial charge in [0.05, 0.1) is 18.6 Å². The van der Waals surface area contributed by atoms with Crippen LogP contribution in [-0.2, 0) is 0 Å². The van der Waals surface area contributed by atoms with E-state index in [1.165, 1.54) is 0 Å². The second-order valence-electron chi connectivity index (χ2n) is 2.65. The molecule has 0 radical (unpaired) electrons. The van der Waals surface area contributed by atoms with E-state index < -0.39 is 6.10 Å². The molecule has 1 N–H and O–H groups in total. The van der Waals surface area contributed by atoms with Gasteiger partial charge < -0.3 is 5.11 Å². The second-order valence-corrected chi connectivity index (χ2v) is 3.53. The molecule has 0 saturated heterocycles. The molecule has 0 spiro atoms. The van der Waals surface area contributed by atoms with Gasteiger partial charge >= 0.3 is 0 Å². The first-order valence-electron chi connectivity index (χ1n) is 3.97. The Hall–Kier alpha value is -0.980. The lowest BCUT2D eigenvalue weighted by atomic mass is 10.1. The molecular weight excluding hydrogens is 182 g/mol. The van der Waals surface area contributed by atoms with E-state index in [-0.39, 0.29) is 6.42 Å². The highest BCUT2D eigenvalue weighted by molar-refractivity contribution is 7.98. The number of aliphatic hydroxyl groups excluding tert-OH is 1. The summed E-state index contributed by atoms with van der Waals surface area (Å²) < 4.78 is 0. The van der Waals surface area contributed by atoms with Crippen LogP contribution < -0.4 is 0 Å². The van der Waals surface area contributed by atoms with Crippen molar-refractivity contribution in [1.29, 1.82) is 5.26 Å². The van der Waals surface area contributed by atoms with Crippen LogP contribution in [0.2, 0.25) is 0 Å². The number of benzene rings is 1. The highest BCUT2D eigenvalue weighted by Crippen LogP contribution is 2.21. The van der Waals surface area contributed by atoms with Crippen molar-refractivity contribution < 1.29 is 5.11 Å². The first-order valence-corrected chi connectivity index (χ1v) is 5.19. The molecule has 0 aliphatic heterocycles. The Kier molecular flexibility index (Phi) is 3.81. The molecule has 0 saturated carbocycles. The third-order valence-electron chi connectivity index (χ3n) is 1.76. The van der Waals surface area contributed by atoms with Gasteiger partial charge in [0.2, 0.25) is 0 Å². The van der Waals surface area contributed by atoms with E-state index in [4.69, 9.17) is 5.26 Å². The minimum atomic E-state index is -0.655. The zero-order chi connectivity index (χ0) is 9.68. The van der Waals surface area contributed by atoms with Gasteiger partial charge in [0, 0.05) is 4.90 Å². The lowest BCUT2D eigenvalue weighted by molar-refractivity contribution is 0.183. The predicted molar refractivity (Wildman–Crippen MR) is 53.4 cm³/mol. The number of rotatable bonds is 3. The zero-order valence-corrected chi connectivity index (χ0v) is 8.21. The average Bonchev–Trinajstić information content (AvgIpc) is 2.18. The zero-order valence-electron chi connectivity index (χ0n) is 7.40. The summed E-state index contributed by atoms with van der Waals surface area (Å²) in [6.07, 6.45) is 1.48. The third-order valence-corrected chi connectivity index (χ3v) is 2.49. The summed E-state index contributed by atoms with van der Waals surface area (Å²) in [6, 6.07) is 9.56. The van der Waals surface area contributed by atoms with Crippen LogP contribution in [0.4, 0.5) is 0 Å². The third kappa shape index (κ3) is 2.76. The normalized spacial score (nSPS) is 12.1. The Balaban J connectivity index is 2.83. The van der Waals surface area contributed by atoms with Gasteiger partial charge in [0.15, 0.2) is 0 Å². The molecule has 0 fully saturated rings. The highest BCUT2D eigenvalue weighted by Gasteiger charge is 2.06. The Bertz CT molecular complexity index is 319. The monoisotopic (exact) mass is 193 g/mol. The topological polar surface area (TPSA) is 44.0 Å². The van der Waals surface area contributed by atoms with Gasteiger partial charge in [-0.25, -0.2) is 0 Å². The van der Waals surface area contributed by atoms with Crippen molar-refractivity contribution in [3.8, 4) is 6.07 Å². The molecule has 1 aromatic rings. The van der Waals surface area contributed by atoms with Gasteiger partial charge in [-0.15, -0.1) is 11.8 Å². The molecular formula is C10H11NOS. The summed E-state index contributed by atoms with van der Waals surface area (Å²) in [5, 5.41) is 17.9. The minimum absolute atomic E-state index is 0.151. The number of hydrogen-bond acceptors (Lipinski definition) is 3. The molecule has 1 aromatic carbocycles. The van der Waals surface area contributed by atoms with Crippen molar-refractivity contribution in [3.05, 3.63) is 29.8 Å². The van der Waals surface area contributed by atoms with Gasteiger partial charge in [-0.05, 0) is 24.0 Å². The summed E-state index contributed by atoms with van der Waals surface area (Å²) >= 11 is 1.62. The highest BCUT2D eigenvalue weighted by atomic mass is 32.2. The molecule has 3 heteroatoms.